The van der Waals surface area contributed by atoms with Crippen LogP contribution in [0.1, 0.15) is 74.9 Å². The van der Waals surface area contributed by atoms with Crippen molar-refractivity contribution in [3.63, 3.8) is 0 Å². The van der Waals surface area contributed by atoms with E-state index in [4.69, 9.17) is 23.9 Å². The Labute approximate surface area is 300 Å². The molecule has 3 aliphatic heterocycles. The minimum absolute atomic E-state index is 0.0353. The van der Waals surface area contributed by atoms with Gasteiger partial charge in [-0.3, -0.25) is 4.79 Å². The van der Waals surface area contributed by atoms with Crippen molar-refractivity contribution in [3.8, 4) is 22.6 Å². The number of carbonyl (C=O) groups is 2. The third-order valence-corrected chi connectivity index (χ3v) is 9.38. The summed E-state index contributed by atoms with van der Waals surface area (Å²) in [5.74, 6) is 2.19. The molecular weight excluding hydrogens is 646 g/mol. The molecule has 0 atom stereocenters. The fourth-order valence-electron chi connectivity index (χ4n) is 6.95. The van der Waals surface area contributed by atoms with Gasteiger partial charge in [-0.2, -0.15) is 0 Å². The maximum Gasteiger partial charge on any atom is 0.410 e. The number of hydrogen-bond acceptors (Lipinski definition) is 9. The first kappa shape index (κ1) is 35.9. The van der Waals surface area contributed by atoms with E-state index >= 15 is 0 Å². The molecule has 0 bridgehead atoms. The average Bonchev–Trinajstić information content (AvgIpc) is 3.66. The number of methoxy groups -OCH3 is 1. The van der Waals surface area contributed by atoms with Gasteiger partial charge in [-0.15, -0.1) is 0 Å². The van der Waals surface area contributed by atoms with Gasteiger partial charge in [-0.1, -0.05) is 38.1 Å². The van der Waals surface area contributed by atoms with Gasteiger partial charge in [0.25, 0.3) is 5.91 Å². The number of hydrogen-bond donors (Lipinski definition) is 1. The van der Waals surface area contributed by atoms with Crippen LogP contribution in [0.4, 0.5) is 16.4 Å². The highest BCUT2D eigenvalue weighted by atomic mass is 16.6. The third kappa shape index (κ3) is 7.88. The van der Waals surface area contributed by atoms with Crippen LogP contribution in [0.2, 0.25) is 0 Å². The number of piperidine rings is 1. The van der Waals surface area contributed by atoms with E-state index in [2.05, 4.69) is 16.4 Å². The summed E-state index contributed by atoms with van der Waals surface area (Å²) in [6.45, 7) is 13.9. The number of aromatic nitrogens is 2. The molecule has 11 nitrogen and oxygen atoms in total. The summed E-state index contributed by atoms with van der Waals surface area (Å²) < 4.78 is 23.0. The number of para-hydroxylation sites is 1. The first-order valence-electron chi connectivity index (χ1n) is 18.0. The van der Waals surface area contributed by atoms with E-state index in [1.807, 2.05) is 87.0 Å². The number of carbonyl (C=O) groups excluding carboxylic acids is 2. The van der Waals surface area contributed by atoms with Crippen molar-refractivity contribution in [1.29, 1.82) is 0 Å². The Morgan fingerprint density at radius 1 is 0.922 bits per heavy atom. The van der Waals surface area contributed by atoms with Crippen molar-refractivity contribution in [2.45, 2.75) is 65.4 Å². The van der Waals surface area contributed by atoms with Gasteiger partial charge < -0.3 is 34.1 Å². The van der Waals surface area contributed by atoms with Gasteiger partial charge in [0.2, 0.25) is 5.95 Å². The smallest absolute Gasteiger partial charge is 0.410 e. The molecule has 2 amide bonds. The Balaban J connectivity index is 0.00000220. The second-order valence-electron chi connectivity index (χ2n) is 13.7. The molecule has 3 aromatic carbocycles. The molecule has 0 aliphatic carbocycles. The van der Waals surface area contributed by atoms with Crippen LogP contribution in [-0.4, -0.2) is 90.5 Å². The van der Waals surface area contributed by atoms with Crippen molar-refractivity contribution >= 4 is 34.5 Å². The van der Waals surface area contributed by atoms with E-state index < -0.39 is 5.60 Å². The van der Waals surface area contributed by atoms with Crippen molar-refractivity contribution in [1.82, 2.24) is 19.8 Å². The van der Waals surface area contributed by atoms with E-state index in [-0.39, 0.29) is 12.0 Å². The lowest BCUT2D eigenvalue weighted by Gasteiger charge is -2.34. The molecule has 4 heterocycles. The lowest BCUT2D eigenvalue weighted by molar-refractivity contribution is 0.0204. The van der Waals surface area contributed by atoms with Gasteiger partial charge in [-0.05, 0) is 69.4 Å². The molecule has 51 heavy (non-hydrogen) atoms. The van der Waals surface area contributed by atoms with Crippen LogP contribution in [0.25, 0.3) is 22.0 Å². The number of fused-ring (bicyclic) bond motifs is 2. The molecule has 1 N–H and O–H groups in total. The standard InChI is InChI=1S/C38H43N5O6.C2H6/c1-38(2,3)49-37(45)43-15-12-24(13-16-43)27-10-11-31(34-30(27)14-19-48-34)40-36-39-23-26-6-5-7-29(33(26)41-36)28-9-8-25(22-32(28)46-4)35(44)42-17-20-47-21-18-42;1-2/h5-11,22-24H,12-21H2,1-4H3,(H,39,40,41);1-2H3. The molecule has 0 radical (unpaired) electrons. The van der Waals surface area contributed by atoms with Crippen LogP contribution in [-0.2, 0) is 15.9 Å². The Morgan fingerprint density at radius 3 is 2.41 bits per heavy atom. The predicted octanol–water partition coefficient (Wildman–Crippen LogP) is 7.60. The maximum absolute atomic E-state index is 13.2. The highest BCUT2D eigenvalue weighted by molar-refractivity contribution is 5.99. The summed E-state index contributed by atoms with van der Waals surface area (Å²) in [7, 11) is 1.61. The SMILES string of the molecule is CC.COc1cc(C(=O)N2CCOCC2)ccc1-c1cccc2cnc(Nc3ccc(C4CCN(C(=O)OC(C)(C)C)CC4)c4c3OCC4)nc12. The largest absolute Gasteiger partial charge is 0.496 e. The number of ether oxygens (including phenoxy) is 4. The van der Waals surface area contributed by atoms with Crippen LogP contribution >= 0.6 is 0 Å². The molecule has 3 aliphatic rings. The minimum Gasteiger partial charge on any atom is -0.496 e. The third-order valence-electron chi connectivity index (χ3n) is 9.38. The van der Waals surface area contributed by atoms with E-state index in [0.29, 0.717) is 69.2 Å². The molecule has 270 valence electrons. The summed E-state index contributed by atoms with van der Waals surface area (Å²) in [6, 6.07) is 15.8. The summed E-state index contributed by atoms with van der Waals surface area (Å²) >= 11 is 0. The van der Waals surface area contributed by atoms with E-state index in [9.17, 15) is 9.59 Å². The first-order valence-corrected chi connectivity index (χ1v) is 18.0. The van der Waals surface area contributed by atoms with E-state index in [0.717, 1.165) is 52.7 Å². The summed E-state index contributed by atoms with van der Waals surface area (Å²) in [5.41, 5.74) is 5.85. The fourth-order valence-corrected chi connectivity index (χ4v) is 6.95. The Kier molecular flexibility index (Phi) is 11.0. The zero-order valence-corrected chi connectivity index (χ0v) is 30.6. The monoisotopic (exact) mass is 695 g/mol. The fraction of sp³-hybridized carbons (Fsp3) is 0.450. The zero-order valence-electron chi connectivity index (χ0n) is 30.6. The van der Waals surface area contributed by atoms with Crippen LogP contribution in [0, 0.1) is 0 Å². The molecule has 1 aromatic heterocycles. The van der Waals surface area contributed by atoms with Crippen LogP contribution in [0.3, 0.4) is 0 Å². The average molecular weight is 696 g/mol. The minimum atomic E-state index is -0.505. The number of amides is 2. The lowest BCUT2D eigenvalue weighted by Crippen LogP contribution is -2.41. The van der Waals surface area contributed by atoms with E-state index in [1.165, 1.54) is 11.1 Å². The van der Waals surface area contributed by atoms with Gasteiger partial charge in [0.15, 0.2) is 0 Å². The summed E-state index contributed by atoms with van der Waals surface area (Å²) in [5, 5.41) is 4.31. The van der Waals surface area contributed by atoms with E-state index in [1.54, 1.807) is 13.2 Å². The van der Waals surface area contributed by atoms with Gasteiger partial charge in [0, 0.05) is 66.4 Å². The normalized spacial score (nSPS) is 16.1. The van der Waals surface area contributed by atoms with Crippen LogP contribution in [0.5, 0.6) is 11.5 Å². The molecule has 0 saturated carbocycles. The number of morpholine rings is 1. The molecular formula is C40H49N5O6. The second kappa shape index (κ2) is 15.6. The highest BCUT2D eigenvalue weighted by Crippen LogP contribution is 2.43. The topological polar surface area (TPSA) is 115 Å². The molecule has 2 saturated heterocycles. The van der Waals surface area contributed by atoms with Gasteiger partial charge >= 0.3 is 6.09 Å². The molecule has 0 unspecified atom stereocenters. The Bertz CT molecular complexity index is 1880. The first-order chi connectivity index (χ1) is 24.7. The molecule has 2 fully saturated rings. The van der Waals surface area contributed by atoms with Crippen LogP contribution in [0.15, 0.2) is 54.7 Å². The molecule has 4 aromatic rings. The lowest BCUT2D eigenvalue weighted by atomic mass is 9.85. The number of nitrogens with zero attached hydrogens (tertiary/aromatic N) is 4. The van der Waals surface area contributed by atoms with Gasteiger partial charge in [-0.25, -0.2) is 14.8 Å². The van der Waals surface area contributed by atoms with Gasteiger partial charge in [0.1, 0.15) is 17.1 Å². The molecule has 11 heteroatoms. The number of anilines is 2. The van der Waals surface area contributed by atoms with Crippen molar-refractivity contribution in [3.05, 3.63) is 71.4 Å². The van der Waals surface area contributed by atoms with Crippen LogP contribution < -0.4 is 14.8 Å². The summed E-state index contributed by atoms with van der Waals surface area (Å²) in [4.78, 5) is 39.0. The molecule has 7 rings (SSSR count). The number of benzene rings is 3. The second-order valence-corrected chi connectivity index (χ2v) is 13.7. The highest BCUT2D eigenvalue weighted by Gasteiger charge is 2.31. The number of likely N-dealkylation sites (tertiary alicyclic amines) is 1. The van der Waals surface area contributed by atoms with Crippen molar-refractivity contribution in [2.24, 2.45) is 0 Å². The Morgan fingerprint density at radius 2 is 1.69 bits per heavy atom. The van der Waals surface area contributed by atoms with Crippen molar-refractivity contribution in [2.75, 3.05) is 58.4 Å². The van der Waals surface area contributed by atoms with Gasteiger partial charge in [0.05, 0.1) is 38.1 Å². The van der Waals surface area contributed by atoms with Crippen molar-refractivity contribution < 1.29 is 28.5 Å². The quantitative estimate of drug-likeness (QED) is 0.218. The number of nitrogens with one attached hydrogen (secondary N) is 1. The molecule has 0 spiro atoms. The zero-order chi connectivity index (χ0) is 36.1. The maximum atomic E-state index is 13.2. The predicted molar refractivity (Wildman–Crippen MR) is 198 cm³/mol. The Hall–Kier alpha value is -4.90. The summed E-state index contributed by atoms with van der Waals surface area (Å²) in [6.07, 6.45) is 4.15. The number of rotatable bonds is 6.